The van der Waals surface area contributed by atoms with Gasteiger partial charge in [-0.1, -0.05) is 0 Å². The molecular weight excluding hydrogens is 338 g/mol. The second-order valence-corrected chi connectivity index (χ2v) is 4.78. The van der Waals surface area contributed by atoms with Gasteiger partial charge in [-0.3, -0.25) is 19.3 Å². The van der Waals surface area contributed by atoms with Crippen LogP contribution in [-0.4, -0.2) is 103 Å². The topological polar surface area (TPSA) is 110 Å². The van der Waals surface area contributed by atoms with Crippen LogP contribution < -0.4 is 0 Å². The summed E-state index contributed by atoms with van der Waals surface area (Å²) in [4.78, 5) is 36.5. The molecule has 0 heterocycles. The summed E-state index contributed by atoms with van der Waals surface area (Å²) in [5, 5.41) is 0. The molecule has 146 valence electrons. The van der Waals surface area contributed by atoms with E-state index in [0.29, 0.717) is 0 Å². The summed E-state index contributed by atoms with van der Waals surface area (Å²) in [6.07, 6.45) is 0. The van der Waals surface area contributed by atoms with E-state index < -0.39 is 17.9 Å². The van der Waals surface area contributed by atoms with Gasteiger partial charge in [0.15, 0.2) is 0 Å². The highest BCUT2D eigenvalue weighted by atomic mass is 16.6. The maximum absolute atomic E-state index is 11.7. The Balaban J connectivity index is 4.44. The van der Waals surface area contributed by atoms with Gasteiger partial charge in [-0.05, 0) is 0 Å². The lowest BCUT2D eigenvalue weighted by molar-refractivity contribution is -0.153. The first-order valence-corrected chi connectivity index (χ1v) is 7.69. The summed E-state index contributed by atoms with van der Waals surface area (Å²) in [5.74, 6) is -1.77. The van der Waals surface area contributed by atoms with Gasteiger partial charge in [0, 0.05) is 21.3 Å². The van der Waals surface area contributed by atoms with Crippen molar-refractivity contribution in [2.75, 3.05) is 80.6 Å². The van der Waals surface area contributed by atoms with Crippen molar-refractivity contribution in [1.29, 1.82) is 0 Å². The van der Waals surface area contributed by atoms with Crippen molar-refractivity contribution in [2.45, 2.75) is 0 Å². The van der Waals surface area contributed by atoms with E-state index in [0.717, 1.165) is 0 Å². The zero-order chi connectivity index (χ0) is 18.9. The third-order valence-corrected chi connectivity index (χ3v) is 2.71. The van der Waals surface area contributed by atoms with E-state index in [9.17, 15) is 14.4 Å². The molecule has 10 heteroatoms. The molecule has 0 radical (unpaired) electrons. The average Bonchev–Trinajstić information content (AvgIpc) is 2.55. The molecule has 0 saturated heterocycles. The van der Waals surface area contributed by atoms with Gasteiger partial charge in [-0.2, -0.15) is 0 Å². The number of hydrogen-bond acceptors (Lipinski definition) is 10. The van der Waals surface area contributed by atoms with Crippen molar-refractivity contribution < 1.29 is 42.8 Å². The fourth-order valence-corrected chi connectivity index (χ4v) is 1.57. The van der Waals surface area contributed by atoms with Crippen LogP contribution in [0.5, 0.6) is 0 Å². The van der Waals surface area contributed by atoms with E-state index in [-0.39, 0.29) is 59.3 Å². The van der Waals surface area contributed by atoms with Crippen LogP contribution in [0.3, 0.4) is 0 Å². The number of carbonyl (C=O) groups is 3. The zero-order valence-corrected chi connectivity index (χ0v) is 15.0. The van der Waals surface area contributed by atoms with E-state index >= 15 is 0 Å². The summed E-state index contributed by atoms with van der Waals surface area (Å²) < 4.78 is 29.1. The fraction of sp³-hybridized carbons (Fsp3) is 0.800. The minimum Gasteiger partial charge on any atom is -0.462 e. The second kappa shape index (κ2) is 15.8. The van der Waals surface area contributed by atoms with Crippen LogP contribution in [0.1, 0.15) is 0 Å². The molecule has 0 aromatic rings. The van der Waals surface area contributed by atoms with Gasteiger partial charge in [-0.15, -0.1) is 0 Å². The normalized spacial score (nSPS) is 10.6. The number of nitrogens with zero attached hydrogens (tertiary/aromatic N) is 1. The Morgan fingerprint density at radius 1 is 0.560 bits per heavy atom. The zero-order valence-electron chi connectivity index (χ0n) is 15.0. The highest BCUT2D eigenvalue weighted by Gasteiger charge is 2.20. The number of hydrogen-bond donors (Lipinski definition) is 0. The van der Waals surface area contributed by atoms with Gasteiger partial charge < -0.3 is 28.4 Å². The molecule has 0 unspecified atom stereocenters. The Bertz CT molecular complexity index is 332. The number of carbonyl (C=O) groups excluding carboxylic acids is 3. The Morgan fingerprint density at radius 2 is 0.840 bits per heavy atom. The van der Waals surface area contributed by atoms with E-state index in [1.807, 2.05) is 0 Å². The standard InChI is InChI=1S/C15H27NO9/c1-20-4-7-23-13(17)10-16(11-14(18)24-8-5-21-2)12-15(19)25-9-6-22-3/h4-12H2,1-3H3. The Labute approximate surface area is 147 Å². The van der Waals surface area contributed by atoms with Gasteiger partial charge in [0.25, 0.3) is 0 Å². The van der Waals surface area contributed by atoms with E-state index in [4.69, 9.17) is 28.4 Å². The van der Waals surface area contributed by atoms with Crippen molar-refractivity contribution in [3.63, 3.8) is 0 Å². The largest absolute Gasteiger partial charge is 0.462 e. The molecule has 0 atom stereocenters. The van der Waals surface area contributed by atoms with Crippen LogP contribution >= 0.6 is 0 Å². The number of methoxy groups -OCH3 is 3. The smallest absolute Gasteiger partial charge is 0.320 e. The first kappa shape index (κ1) is 23.2. The minimum absolute atomic E-state index is 0.0831. The molecule has 0 aliphatic carbocycles. The molecule has 0 amide bonds. The van der Waals surface area contributed by atoms with Crippen molar-refractivity contribution in [1.82, 2.24) is 4.90 Å². The molecule has 0 aromatic carbocycles. The Kier molecular flexibility index (Phi) is 14.7. The predicted octanol–water partition coefficient (Wildman–Crippen LogP) is -1.14. The van der Waals surface area contributed by atoms with Gasteiger partial charge in [-0.25, -0.2) is 0 Å². The summed E-state index contributed by atoms with van der Waals surface area (Å²) in [6.45, 7) is 0.226. The Morgan fingerprint density at radius 3 is 1.08 bits per heavy atom. The first-order chi connectivity index (χ1) is 12.0. The molecule has 0 N–H and O–H groups in total. The van der Waals surface area contributed by atoms with Crippen molar-refractivity contribution >= 4 is 17.9 Å². The lowest BCUT2D eigenvalue weighted by Gasteiger charge is -2.19. The molecule has 0 saturated carbocycles. The Hall–Kier alpha value is -1.75. The second-order valence-electron chi connectivity index (χ2n) is 4.78. The van der Waals surface area contributed by atoms with Crippen LogP contribution in [0.2, 0.25) is 0 Å². The quantitative estimate of drug-likeness (QED) is 0.201. The predicted molar refractivity (Wildman–Crippen MR) is 84.9 cm³/mol. The number of ether oxygens (including phenoxy) is 6. The molecule has 0 spiro atoms. The maximum atomic E-state index is 11.7. The molecule has 0 aromatic heterocycles. The molecular formula is C15H27NO9. The van der Waals surface area contributed by atoms with Crippen molar-refractivity contribution in [3.8, 4) is 0 Å². The van der Waals surface area contributed by atoms with Crippen LogP contribution in [0.4, 0.5) is 0 Å². The summed E-state index contributed by atoms with van der Waals surface area (Å²) >= 11 is 0. The number of rotatable bonds is 15. The monoisotopic (exact) mass is 365 g/mol. The van der Waals surface area contributed by atoms with Gasteiger partial charge in [0.1, 0.15) is 19.8 Å². The SMILES string of the molecule is COCCOC(=O)CN(CC(=O)OCCOC)CC(=O)OCCOC. The van der Waals surface area contributed by atoms with Crippen molar-refractivity contribution in [3.05, 3.63) is 0 Å². The molecule has 0 rings (SSSR count). The molecule has 0 bridgehead atoms. The lowest BCUT2D eigenvalue weighted by Crippen LogP contribution is -2.40. The maximum Gasteiger partial charge on any atom is 0.320 e. The lowest BCUT2D eigenvalue weighted by atomic mass is 10.4. The van der Waals surface area contributed by atoms with Crippen LogP contribution in [0, 0.1) is 0 Å². The molecule has 0 aliphatic rings. The third-order valence-electron chi connectivity index (χ3n) is 2.71. The van der Waals surface area contributed by atoms with Crippen LogP contribution in [0.15, 0.2) is 0 Å². The third kappa shape index (κ3) is 14.3. The number of esters is 3. The average molecular weight is 365 g/mol. The van der Waals surface area contributed by atoms with Gasteiger partial charge in [0.05, 0.1) is 39.5 Å². The van der Waals surface area contributed by atoms with Gasteiger partial charge >= 0.3 is 17.9 Å². The van der Waals surface area contributed by atoms with Crippen molar-refractivity contribution in [2.24, 2.45) is 0 Å². The van der Waals surface area contributed by atoms with E-state index in [1.165, 1.54) is 26.2 Å². The fourth-order valence-electron chi connectivity index (χ4n) is 1.57. The molecule has 0 fully saturated rings. The first-order valence-electron chi connectivity index (χ1n) is 7.69. The molecule has 25 heavy (non-hydrogen) atoms. The summed E-state index contributed by atoms with van der Waals surface area (Å²) in [6, 6.07) is 0. The highest BCUT2D eigenvalue weighted by molar-refractivity contribution is 5.78. The highest BCUT2D eigenvalue weighted by Crippen LogP contribution is 1.95. The minimum atomic E-state index is -0.591. The van der Waals surface area contributed by atoms with E-state index in [2.05, 4.69) is 0 Å². The molecule has 0 aliphatic heterocycles. The molecule has 10 nitrogen and oxygen atoms in total. The summed E-state index contributed by atoms with van der Waals surface area (Å²) in [5.41, 5.74) is 0. The van der Waals surface area contributed by atoms with Crippen LogP contribution in [-0.2, 0) is 42.8 Å². The summed E-state index contributed by atoms with van der Waals surface area (Å²) in [7, 11) is 4.44. The van der Waals surface area contributed by atoms with Crippen LogP contribution in [0.25, 0.3) is 0 Å². The van der Waals surface area contributed by atoms with Gasteiger partial charge in [0.2, 0.25) is 0 Å². The van der Waals surface area contributed by atoms with E-state index in [1.54, 1.807) is 0 Å².